The molecular weight excluding hydrogens is 463 g/mol. The lowest BCUT2D eigenvalue weighted by atomic mass is 10.0. The van der Waals surface area contributed by atoms with Crippen LogP contribution in [-0.4, -0.2) is 37.3 Å². The Labute approximate surface area is 198 Å². The van der Waals surface area contributed by atoms with E-state index in [1.807, 2.05) is 0 Å². The van der Waals surface area contributed by atoms with Gasteiger partial charge in [0, 0.05) is 11.1 Å². The molecule has 3 aromatic carbocycles. The van der Waals surface area contributed by atoms with Crippen molar-refractivity contribution in [2.24, 2.45) is 0 Å². The number of nitrogens with zero attached hydrogens (tertiary/aromatic N) is 4. The zero-order valence-electron chi connectivity index (χ0n) is 16.9. The van der Waals surface area contributed by atoms with Crippen LogP contribution in [0.2, 0.25) is 10.3 Å². The molecule has 0 saturated carbocycles. The van der Waals surface area contributed by atoms with Crippen LogP contribution < -0.4 is 0 Å². The third-order valence-corrected chi connectivity index (χ3v) is 5.95. The smallest absolute Gasteiger partial charge is 0.261 e. The molecule has 2 amide bonds. The van der Waals surface area contributed by atoms with Crippen LogP contribution >= 0.6 is 23.2 Å². The molecule has 0 spiro atoms. The Morgan fingerprint density at radius 1 is 0.758 bits per heavy atom. The fourth-order valence-corrected chi connectivity index (χ4v) is 4.26. The first-order chi connectivity index (χ1) is 16.0. The predicted molar refractivity (Wildman–Crippen MR) is 122 cm³/mol. The zero-order chi connectivity index (χ0) is 23.1. The quantitative estimate of drug-likeness (QED) is 0.310. The van der Waals surface area contributed by atoms with Gasteiger partial charge in [0.25, 0.3) is 11.8 Å². The number of hydrogen-bond donors (Lipinski definition) is 0. The van der Waals surface area contributed by atoms with Gasteiger partial charge in [-0.2, -0.15) is 0 Å². The topological polar surface area (TPSA) is 85.2 Å². The highest BCUT2D eigenvalue weighted by molar-refractivity contribution is 6.35. The highest BCUT2D eigenvalue weighted by atomic mass is 35.5. The Morgan fingerprint density at radius 3 is 2.00 bits per heavy atom. The summed E-state index contributed by atoms with van der Waals surface area (Å²) >= 11 is 12.6. The van der Waals surface area contributed by atoms with Crippen molar-refractivity contribution in [3.63, 3.8) is 0 Å². The van der Waals surface area contributed by atoms with Crippen LogP contribution in [0.5, 0.6) is 0 Å². The average Bonchev–Trinajstić information content (AvgIpc) is 3.31. The second-order valence-corrected chi connectivity index (χ2v) is 8.03. The van der Waals surface area contributed by atoms with Gasteiger partial charge in [0.05, 0.1) is 28.4 Å². The monoisotopic (exact) mass is 476 g/mol. The highest BCUT2D eigenvalue weighted by Gasteiger charge is 2.36. The molecule has 0 fully saturated rings. The Bertz CT molecular complexity index is 1410. The minimum absolute atomic E-state index is 0.0129. The van der Waals surface area contributed by atoms with Gasteiger partial charge in [-0.05, 0) is 48.0 Å². The van der Waals surface area contributed by atoms with E-state index in [1.54, 1.807) is 72.8 Å². The van der Waals surface area contributed by atoms with Crippen LogP contribution in [0, 0.1) is 0 Å². The summed E-state index contributed by atoms with van der Waals surface area (Å²) in [6.07, 6.45) is 0. The van der Waals surface area contributed by atoms with E-state index in [2.05, 4.69) is 10.2 Å². The largest absolute Gasteiger partial charge is 0.288 e. The van der Waals surface area contributed by atoms with E-state index in [9.17, 15) is 14.4 Å². The Hall–Kier alpha value is -3.81. The molecule has 5 rings (SSSR count). The van der Waals surface area contributed by atoms with Crippen LogP contribution in [0.25, 0.3) is 5.69 Å². The first kappa shape index (κ1) is 21.1. The Balaban J connectivity index is 1.56. The van der Waals surface area contributed by atoms with E-state index in [4.69, 9.17) is 23.2 Å². The van der Waals surface area contributed by atoms with Crippen LogP contribution in [0.4, 0.5) is 0 Å². The maximum Gasteiger partial charge on any atom is 0.261 e. The number of fused-ring (bicyclic) bond motifs is 1. The van der Waals surface area contributed by atoms with Crippen LogP contribution in [-0.2, 0) is 6.54 Å². The molecule has 2 heterocycles. The first-order valence-electron chi connectivity index (χ1n) is 9.91. The molecule has 0 unspecified atom stereocenters. The second kappa shape index (κ2) is 8.27. The SMILES string of the molecule is O=C(c1ccccc1Cl)c1ccccc1-n1c(Cl)nnc1CN1C(=O)c2ccccc2C1=O. The Kier molecular flexibility index (Phi) is 5.28. The second-order valence-electron chi connectivity index (χ2n) is 7.29. The van der Waals surface area contributed by atoms with Gasteiger partial charge in [0.1, 0.15) is 0 Å². The minimum atomic E-state index is -0.429. The zero-order valence-corrected chi connectivity index (χ0v) is 18.4. The maximum absolute atomic E-state index is 13.3. The van der Waals surface area contributed by atoms with Crippen molar-refractivity contribution < 1.29 is 14.4 Å². The number of ketones is 1. The number of hydrogen-bond acceptors (Lipinski definition) is 5. The third-order valence-electron chi connectivity index (χ3n) is 5.38. The molecule has 1 aliphatic heterocycles. The summed E-state index contributed by atoms with van der Waals surface area (Å²) in [7, 11) is 0. The normalized spacial score (nSPS) is 12.8. The van der Waals surface area contributed by atoms with Gasteiger partial charge in [0.2, 0.25) is 5.28 Å². The van der Waals surface area contributed by atoms with Crippen molar-refractivity contribution in [1.82, 2.24) is 19.7 Å². The summed E-state index contributed by atoms with van der Waals surface area (Å²) in [5.74, 6) is -0.940. The van der Waals surface area contributed by atoms with E-state index in [1.165, 1.54) is 4.57 Å². The number of aromatic nitrogens is 3. The molecule has 0 aliphatic carbocycles. The molecule has 0 saturated heterocycles. The molecule has 1 aromatic heterocycles. The fraction of sp³-hybridized carbons (Fsp3) is 0.0417. The molecule has 33 heavy (non-hydrogen) atoms. The van der Waals surface area contributed by atoms with E-state index in [0.29, 0.717) is 33.0 Å². The van der Waals surface area contributed by atoms with Crippen molar-refractivity contribution >= 4 is 40.8 Å². The van der Waals surface area contributed by atoms with E-state index < -0.39 is 11.8 Å². The summed E-state index contributed by atoms with van der Waals surface area (Å²) in [4.78, 5) is 40.0. The molecule has 7 nitrogen and oxygen atoms in total. The van der Waals surface area contributed by atoms with Gasteiger partial charge in [-0.25, -0.2) is 0 Å². The highest BCUT2D eigenvalue weighted by Crippen LogP contribution is 2.28. The van der Waals surface area contributed by atoms with Crippen molar-refractivity contribution in [3.05, 3.63) is 111 Å². The lowest BCUT2D eigenvalue weighted by molar-refractivity contribution is 0.0637. The fourth-order valence-electron chi connectivity index (χ4n) is 3.81. The first-order valence-corrected chi connectivity index (χ1v) is 10.7. The number of halogens is 2. The summed E-state index contributed by atoms with van der Waals surface area (Å²) in [5, 5.41) is 8.30. The van der Waals surface area contributed by atoms with Gasteiger partial charge in [0.15, 0.2) is 11.6 Å². The van der Waals surface area contributed by atoms with Crippen LogP contribution in [0.15, 0.2) is 72.8 Å². The van der Waals surface area contributed by atoms with E-state index in [-0.39, 0.29) is 23.4 Å². The van der Waals surface area contributed by atoms with E-state index >= 15 is 0 Å². The van der Waals surface area contributed by atoms with Gasteiger partial charge < -0.3 is 0 Å². The number of benzene rings is 3. The molecule has 0 radical (unpaired) electrons. The number of amides is 2. The Morgan fingerprint density at radius 2 is 1.33 bits per heavy atom. The lowest BCUT2D eigenvalue weighted by Gasteiger charge is -2.16. The van der Waals surface area contributed by atoms with Crippen molar-refractivity contribution in [3.8, 4) is 5.69 Å². The predicted octanol–water partition coefficient (Wildman–Crippen LogP) is 4.60. The van der Waals surface area contributed by atoms with E-state index in [0.717, 1.165) is 4.90 Å². The van der Waals surface area contributed by atoms with Crippen molar-refractivity contribution in [2.75, 3.05) is 0 Å². The van der Waals surface area contributed by atoms with Crippen molar-refractivity contribution in [1.29, 1.82) is 0 Å². The van der Waals surface area contributed by atoms with Crippen LogP contribution in [0.3, 0.4) is 0 Å². The number of imide groups is 1. The van der Waals surface area contributed by atoms with Crippen LogP contribution in [0.1, 0.15) is 42.5 Å². The van der Waals surface area contributed by atoms with Gasteiger partial charge >= 0.3 is 0 Å². The minimum Gasteiger partial charge on any atom is -0.288 e. The third kappa shape index (κ3) is 3.51. The number of para-hydroxylation sites is 1. The summed E-state index contributed by atoms with van der Waals surface area (Å²) in [5.41, 5.74) is 1.71. The summed E-state index contributed by atoms with van der Waals surface area (Å²) in [6.45, 7) is -0.166. The molecule has 0 atom stereocenters. The molecular formula is C24H14Cl2N4O3. The number of carbonyl (C=O) groups excluding carboxylic acids is 3. The summed E-state index contributed by atoms with van der Waals surface area (Å²) in [6, 6.07) is 20.1. The standard InChI is InChI=1S/C24H14Cl2N4O3/c25-18-11-5-3-9-16(18)21(31)17-10-4-6-12-19(17)30-20(27-28-24(30)26)13-29-22(32)14-7-1-2-8-15(14)23(29)33/h1-12H,13H2. The maximum atomic E-state index is 13.3. The molecule has 9 heteroatoms. The lowest BCUT2D eigenvalue weighted by Crippen LogP contribution is -2.30. The van der Waals surface area contributed by atoms with Crippen molar-refractivity contribution in [2.45, 2.75) is 6.54 Å². The van der Waals surface area contributed by atoms with Gasteiger partial charge in [-0.15, -0.1) is 10.2 Å². The number of rotatable bonds is 5. The van der Waals surface area contributed by atoms with Gasteiger partial charge in [-0.3, -0.25) is 23.9 Å². The molecule has 1 aliphatic rings. The molecule has 162 valence electrons. The molecule has 0 N–H and O–H groups in total. The van der Waals surface area contributed by atoms with Gasteiger partial charge in [-0.1, -0.05) is 48.0 Å². The number of carbonyl (C=O) groups is 3. The average molecular weight is 477 g/mol. The molecule has 4 aromatic rings. The molecule has 0 bridgehead atoms. The summed E-state index contributed by atoms with van der Waals surface area (Å²) < 4.78 is 1.45.